The Labute approximate surface area is 124 Å². The van der Waals surface area contributed by atoms with Crippen molar-refractivity contribution in [2.24, 2.45) is 0 Å². The van der Waals surface area contributed by atoms with E-state index in [9.17, 15) is 18.0 Å². The van der Waals surface area contributed by atoms with E-state index in [0.717, 1.165) is 6.07 Å². The SMILES string of the molecule is Nc1cccc(OCC(=O)Nc2ccccc2C(F)(F)F)c1. The van der Waals surface area contributed by atoms with Crippen LogP contribution in [0.15, 0.2) is 48.5 Å². The molecule has 0 aliphatic carbocycles. The first-order valence-corrected chi connectivity index (χ1v) is 6.30. The Morgan fingerprint density at radius 2 is 1.86 bits per heavy atom. The van der Waals surface area contributed by atoms with Crippen LogP contribution in [0, 0.1) is 0 Å². The molecular weight excluding hydrogens is 297 g/mol. The fourth-order valence-electron chi connectivity index (χ4n) is 1.78. The van der Waals surface area contributed by atoms with Gasteiger partial charge in [-0.3, -0.25) is 4.79 Å². The van der Waals surface area contributed by atoms with Crippen LogP contribution < -0.4 is 15.8 Å². The van der Waals surface area contributed by atoms with Crippen molar-refractivity contribution in [3.63, 3.8) is 0 Å². The van der Waals surface area contributed by atoms with E-state index in [-0.39, 0.29) is 5.69 Å². The molecule has 0 unspecified atom stereocenters. The highest BCUT2D eigenvalue weighted by Gasteiger charge is 2.33. The maximum atomic E-state index is 12.8. The normalized spacial score (nSPS) is 11.0. The molecule has 0 heterocycles. The topological polar surface area (TPSA) is 64.3 Å². The van der Waals surface area contributed by atoms with E-state index in [2.05, 4.69) is 5.32 Å². The molecule has 116 valence electrons. The number of hydrogen-bond donors (Lipinski definition) is 2. The minimum absolute atomic E-state index is 0.309. The van der Waals surface area contributed by atoms with Crippen molar-refractivity contribution >= 4 is 17.3 Å². The lowest BCUT2D eigenvalue weighted by Gasteiger charge is -2.13. The summed E-state index contributed by atoms with van der Waals surface area (Å²) in [6.45, 7) is -0.421. The lowest BCUT2D eigenvalue weighted by atomic mass is 10.1. The molecule has 4 nitrogen and oxygen atoms in total. The predicted octanol–water partition coefficient (Wildman–Crippen LogP) is 3.31. The van der Waals surface area contributed by atoms with Crippen LogP contribution in [0.3, 0.4) is 0 Å². The van der Waals surface area contributed by atoms with Crippen molar-refractivity contribution in [3.05, 3.63) is 54.1 Å². The Hall–Kier alpha value is -2.70. The Morgan fingerprint density at radius 3 is 2.55 bits per heavy atom. The van der Waals surface area contributed by atoms with Crippen molar-refractivity contribution < 1.29 is 22.7 Å². The number of amides is 1. The van der Waals surface area contributed by atoms with Crippen molar-refractivity contribution in [2.75, 3.05) is 17.7 Å². The summed E-state index contributed by atoms with van der Waals surface area (Å²) in [5.74, 6) is -0.335. The van der Waals surface area contributed by atoms with E-state index in [1.807, 2.05) is 0 Å². The van der Waals surface area contributed by atoms with E-state index in [0.29, 0.717) is 11.4 Å². The molecule has 2 aromatic rings. The Kier molecular flexibility index (Phi) is 4.55. The monoisotopic (exact) mass is 310 g/mol. The van der Waals surface area contributed by atoms with Crippen LogP contribution in [0.25, 0.3) is 0 Å². The summed E-state index contributed by atoms with van der Waals surface area (Å²) >= 11 is 0. The molecule has 2 rings (SSSR count). The summed E-state index contributed by atoms with van der Waals surface area (Å²) in [4.78, 5) is 11.7. The van der Waals surface area contributed by atoms with Crippen LogP contribution in [0.4, 0.5) is 24.5 Å². The highest BCUT2D eigenvalue weighted by Crippen LogP contribution is 2.34. The molecule has 0 atom stereocenters. The van der Waals surface area contributed by atoms with Crippen LogP contribution >= 0.6 is 0 Å². The average Bonchev–Trinajstić information content (AvgIpc) is 2.45. The van der Waals surface area contributed by atoms with Crippen molar-refractivity contribution in [2.45, 2.75) is 6.18 Å². The minimum Gasteiger partial charge on any atom is -0.484 e. The zero-order chi connectivity index (χ0) is 16.2. The van der Waals surface area contributed by atoms with Gasteiger partial charge in [0.2, 0.25) is 0 Å². The van der Waals surface area contributed by atoms with Crippen molar-refractivity contribution in [1.29, 1.82) is 0 Å². The summed E-state index contributed by atoms with van der Waals surface area (Å²) in [5.41, 5.74) is 4.79. The van der Waals surface area contributed by atoms with E-state index >= 15 is 0 Å². The van der Waals surface area contributed by atoms with E-state index in [1.165, 1.54) is 24.3 Å². The van der Waals surface area contributed by atoms with Crippen molar-refractivity contribution in [1.82, 2.24) is 0 Å². The maximum Gasteiger partial charge on any atom is 0.418 e. The van der Waals surface area contributed by atoms with Crippen LogP contribution in [0.1, 0.15) is 5.56 Å². The van der Waals surface area contributed by atoms with Gasteiger partial charge in [0.1, 0.15) is 5.75 Å². The van der Waals surface area contributed by atoms with Crippen LogP contribution in [-0.2, 0) is 11.0 Å². The zero-order valence-electron chi connectivity index (χ0n) is 11.4. The summed E-state index contributed by atoms with van der Waals surface area (Å²) < 4.78 is 43.6. The molecule has 3 N–H and O–H groups in total. The molecule has 7 heteroatoms. The molecule has 0 fully saturated rings. The number of nitrogens with two attached hydrogens (primary N) is 1. The number of ether oxygens (including phenoxy) is 1. The van der Waals surface area contributed by atoms with Crippen LogP contribution in [-0.4, -0.2) is 12.5 Å². The van der Waals surface area contributed by atoms with Crippen LogP contribution in [0.2, 0.25) is 0 Å². The van der Waals surface area contributed by atoms with E-state index in [4.69, 9.17) is 10.5 Å². The first-order chi connectivity index (χ1) is 10.4. The fraction of sp³-hybridized carbons (Fsp3) is 0.133. The van der Waals surface area contributed by atoms with Gasteiger partial charge in [-0.2, -0.15) is 13.2 Å². The molecule has 0 aliphatic rings. The minimum atomic E-state index is -4.54. The summed E-state index contributed by atoms with van der Waals surface area (Å²) in [6.07, 6.45) is -4.54. The molecule has 0 bridgehead atoms. The first-order valence-electron chi connectivity index (χ1n) is 6.30. The number of para-hydroxylation sites is 1. The van der Waals surface area contributed by atoms with Gasteiger partial charge in [0, 0.05) is 11.8 Å². The second-order valence-electron chi connectivity index (χ2n) is 4.45. The second-order valence-corrected chi connectivity index (χ2v) is 4.45. The molecule has 2 aromatic carbocycles. The third-order valence-electron chi connectivity index (χ3n) is 2.73. The van der Waals surface area contributed by atoms with E-state index < -0.39 is 24.3 Å². The van der Waals surface area contributed by atoms with Gasteiger partial charge in [-0.25, -0.2) is 0 Å². The van der Waals surface area contributed by atoms with Gasteiger partial charge in [-0.15, -0.1) is 0 Å². The Bertz CT molecular complexity index is 672. The number of anilines is 2. The lowest BCUT2D eigenvalue weighted by Crippen LogP contribution is -2.22. The summed E-state index contributed by atoms with van der Waals surface area (Å²) in [7, 11) is 0. The number of nitrogen functional groups attached to an aromatic ring is 1. The number of nitrogens with one attached hydrogen (secondary N) is 1. The lowest BCUT2D eigenvalue weighted by molar-refractivity contribution is -0.137. The second kappa shape index (κ2) is 6.38. The standard InChI is InChI=1S/C15H13F3N2O2/c16-15(17,18)12-6-1-2-7-13(12)20-14(21)9-22-11-5-3-4-10(19)8-11/h1-8H,9,19H2,(H,20,21). The Morgan fingerprint density at radius 1 is 1.14 bits per heavy atom. The molecule has 0 spiro atoms. The van der Waals surface area contributed by atoms with Gasteiger partial charge in [-0.1, -0.05) is 18.2 Å². The molecular formula is C15H13F3N2O2. The number of benzene rings is 2. The molecule has 0 saturated heterocycles. The Balaban J connectivity index is 2.01. The number of carbonyl (C=O) groups excluding carboxylic acids is 1. The van der Waals surface area contributed by atoms with Gasteiger partial charge in [-0.05, 0) is 24.3 Å². The number of alkyl halides is 3. The molecule has 1 amide bonds. The van der Waals surface area contributed by atoms with Crippen LogP contribution in [0.5, 0.6) is 5.75 Å². The average molecular weight is 310 g/mol. The highest BCUT2D eigenvalue weighted by molar-refractivity contribution is 5.92. The molecule has 22 heavy (non-hydrogen) atoms. The number of rotatable bonds is 4. The third-order valence-corrected chi connectivity index (χ3v) is 2.73. The predicted molar refractivity (Wildman–Crippen MR) is 76.4 cm³/mol. The maximum absolute atomic E-state index is 12.8. The first kappa shape index (κ1) is 15.7. The van der Waals surface area contributed by atoms with Gasteiger partial charge >= 0.3 is 6.18 Å². The third kappa shape index (κ3) is 4.15. The summed E-state index contributed by atoms with van der Waals surface area (Å²) in [6, 6.07) is 11.1. The largest absolute Gasteiger partial charge is 0.484 e. The van der Waals surface area contributed by atoms with Gasteiger partial charge in [0.25, 0.3) is 5.91 Å². The number of carbonyl (C=O) groups is 1. The number of halogens is 3. The van der Waals surface area contributed by atoms with Gasteiger partial charge in [0.15, 0.2) is 6.61 Å². The highest BCUT2D eigenvalue weighted by atomic mass is 19.4. The van der Waals surface area contributed by atoms with E-state index in [1.54, 1.807) is 18.2 Å². The van der Waals surface area contributed by atoms with Gasteiger partial charge in [0.05, 0.1) is 11.3 Å². The van der Waals surface area contributed by atoms with Crippen molar-refractivity contribution in [3.8, 4) is 5.75 Å². The smallest absolute Gasteiger partial charge is 0.418 e. The fourth-order valence-corrected chi connectivity index (χ4v) is 1.78. The molecule has 0 aliphatic heterocycles. The molecule has 0 aromatic heterocycles. The van der Waals surface area contributed by atoms with Gasteiger partial charge < -0.3 is 15.8 Å². The quantitative estimate of drug-likeness (QED) is 0.852. The zero-order valence-corrected chi connectivity index (χ0v) is 11.4. The molecule has 0 radical (unpaired) electrons. The summed E-state index contributed by atoms with van der Waals surface area (Å²) in [5, 5.41) is 2.19. The number of hydrogen-bond acceptors (Lipinski definition) is 3. The molecule has 0 saturated carbocycles.